The Balaban J connectivity index is 2.68. The predicted molar refractivity (Wildman–Crippen MR) is 69.3 cm³/mol. The van der Waals surface area contributed by atoms with Crippen LogP contribution < -0.4 is 5.32 Å². The molecule has 0 radical (unpaired) electrons. The maximum atomic E-state index is 13.3. The van der Waals surface area contributed by atoms with Crippen LogP contribution in [0.25, 0.3) is 0 Å². The Labute approximate surface area is 112 Å². The number of non-ortho nitro benzene ring substituents is 1. The third kappa shape index (κ3) is 4.40. The molecule has 0 unspecified atom stereocenters. The summed E-state index contributed by atoms with van der Waals surface area (Å²) in [5.74, 6) is -1.04. The van der Waals surface area contributed by atoms with Gasteiger partial charge in [0, 0.05) is 23.9 Å². The third-order valence-corrected chi connectivity index (χ3v) is 2.78. The van der Waals surface area contributed by atoms with Crippen LogP contribution in [0.15, 0.2) is 18.2 Å². The van der Waals surface area contributed by atoms with E-state index in [2.05, 4.69) is 21.2 Å². The van der Waals surface area contributed by atoms with Crippen LogP contribution in [0.1, 0.15) is 19.3 Å². The van der Waals surface area contributed by atoms with Crippen LogP contribution >= 0.6 is 15.9 Å². The zero-order valence-electron chi connectivity index (χ0n) is 9.49. The van der Waals surface area contributed by atoms with Gasteiger partial charge in [-0.2, -0.15) is 0 Å². The number of rotatable bonds is 6. The molecule has 1 aromatic carbocycles. The first kappa shape index (κ1) is 14.6. The van der Waals surface area contributed by atoms with Crippen molar-refractivity contribution in [3.8, 4) is 0 Å². The van der Waals surface area contributed by atoms with Crippen LogP contribution in [-0.4, -0.2) is 16.2 Å². The van der Waals surface area contributed by atoms with Gasteiger partial charge in [-0.25, -0.2) is 4.39 Å². The van der Waals surface area contributed by atoms with E-state index in [4.69, 9.17) is 0 Å². The van der Waals surface area contributed by atoms with Gasteiger partial charge >= 0.3 is 0 Å². The summed E-state index contributed by atoms with van der Waals surface area (Å²) in [6.45, 7) is 0. The van der Waals surface area contributed by atoms with Crippen molar-refractivity contribution in [3.05, 3.63) is 34.1 Å². The SMILES string of the molecule is O=C(CCCCBr)Nc1cc([N+](=O)[O-])ccc1F. The molecule has 18 heavy (non-hydrogen) atoms. The Bertz CT molecular complexity index is 454. The maximum Gasteiger partial charge on any atom is 0.271 e. The Morgan fingerprint density at radius 1 is 1.44 bits per heavy atom. The molecule has 0 aliphatic rings. The summed E-state index contributed by atoms with van der Waals surface area (Å²) in [5, 5.41) is 13.7. The Morgan fingerprint density at radius 3 is 2.78 bits per heavy atom. The molecule has 0 spiro atoms. The van der Waals surface area contributed by atoms with Gasteiger partial charge < -0.3 is 5.32 Å². The van der Waals surface area contributed by atoms with Gasteiger partial charge in [-0.15, -0.1) is 0 Å². The average molecular weight is 319 g/mol. The molecule has 1 aromatic rings. The van der Waals surface area contributed by atoms with E-state index >= 15 is 0 Å². The molecule has 1 rings (SSSR count). The van der Waals surface area contributed by atoms with E-state index < -0.39 is 10.7 Å². The number of carbonyl (C=O) groups is 1. The quantitative estimate of drug-likeness (QED) is 0.379. The van der Waals surface area contributed by atoms with Gasteiger partial charge in [-0.1, -0.05) is 15.9 Å². The summed E-state index contributed by atoms with van der Waals surface area (Å²) in [4.78, 5) is 21.3. The minimum absolute atomic E-state index is 0.159. The van der Waals surface area contributed by atoms with E-state index in [1.807, 2.05) is 0 Å². The summed E-state index contributed by atoms with van der Waals surface area (Å²) in [6, 6.07) is 3.03. The Kier molecular flexibility index (Phi) is 5.70. The molecule has 0 fully saturated rings. The van der Waals surface area contributed by atoms with Crippen LogP contribution in [-0.2, 0) is 4.79 Å². The van der Waals surface area contributed by atoms with Gasteiger partial charge in [-0.3, -0.25) is 14.9 Å². The molecule has 0 aliphatic heterocycles. The van der Waals surface area contributed by atoms with Crippen molar-refractivity contribution < 1.29 is 14.1 Å². The number of nitro benzene ring substituents is 1. The summed E-state index contributed by atoms with van der Waals surface area (Å²) in [6.07, 6.45) is 1.77. The summed E-state index contributed by atoms with van der Waals surface area (Å²) >= 11 is 3.24. The van der Waals surface area contributed by atoms with Crippen LogP contribution in [0.3, 0.4) is 0 Å². The number of nitrogens with one attached hydrogen (secondary N) is 1. The fourth-order valence-corrected chi connectivity index (χ4v) is 1.71. The highest BCUT2D eigenvalue weighted by atomic mass is 79.9. The fraction of sp³-hybridized carbons (Fsp3) is 0.364. The second-order valence-electron chi connectivity index (χ2n) is 3.62. The highest BCUT2D eigenvalue weighted by Gasteiger charge is 2.12. The lowest BCUT2D eigenvalue weighted by Crippen LogP contribution is -2.12. The van der Waals surface area contributed by atoms with Crippen LogP contribution in [0.2, 0.25) is 0 Å². The zero-order valence-corrected chi connectivity index (χ0v) is 11.1. The number of anilines is 1. The lowest BCUT2D eigenvalue weighted by atomic mass is 10.2. The van der Waals surface area contributed by atoms with Crippen molar-refractivity contribution >= 4 is 33.2 Å². The van der Waals surface area contributed by atoms with Gasteiger partial charge in [0.15, 0.2) is 0 Å². The van der Waals surface area contributed by atoms with E-state index in [1.54, 1.807) is 0 Å². The molecule has 0 aromatic heterocycles. The Morgan fingerprint density at radius 2 is 2.17 bits per heavy atom. The van der Waals surface area contributed by atoms with Crippen LogP contribution in [0, 0.1) is 15.9 Å². The van der Waals surface area contributed by atoms with Gasteiger partial charge in [0.05, 0.1) is 10.6 Å². The topological polar surface area (TPSA) is 72.2 Å². The fourth-order valence-electron chi connectivity index (χ4n) is 1.32. The molecule has 0 saturated carbocycles. The molecule has 98 valence electrons. The van der Waals surface area contributed by atoms with E-state index in [0.717, 1.165) is 30.0 Å². The van der Waals surface area contributed by atoms with Gasteiger partial charge in [0.25, 0.3) is 5.69 Å². The largest absolute Gasteiger partial charge is 0.323 e. The van der Waals surface area contributed by atoms with Crippen molar-refractivity contribution in [2.24, 2.45) is 0 Å². The van der Waals surface area contributed by atoms with Crippen LogP contribution in [0.4, 0.5) is 15.8 Å². The predicted octanol–water partition coefficient (Wildman–Crippen LogP) is 3.24. The number of unbranched alkanes of at least 4 members (excludes halogenated alkanes) is 1. The number of nitrogens with zero attached hydrogens (tertiary/aromatic N) is 1. The highest BCUT2D eigenvalue weighted by Crippen LogP contribution is 2.21. The average Bonchev–Trinajstić information content (AvgIpc) is 2.32. The number of carbonyl (C=O) groups excluding carboxylic acids is 1. The van der Waals surface area contributed by atoms with Crippen LogP contribution in [0.5, 0.6) is 0 Å². The number of amides is 1. The number of hydrogen-bond donors (Lipinski definition) is 1. The molecule has 1 amide bonds. The van der Waals surface area contributed by atoms with Crippen molar-refractivity contribution in [3.63, 3.8) is 0 Å². The maximum absolute atomic E-state index is 13.3. The van der Waals surface area contributed by atoms with Gasteiger partial charge in [0.1, 0.15) is 5.82 Å². The summed E-state index contributed by atoms with van der Waals surface area (Å²) < 4.78 is 13.3. The molecular formula is C11H12BrFN2O3. The smallest absolute Gasteiger partial charge is 0.271 e. The number of hydrogen-bond acceptors (Lipinski definition) is 3. The van der Waals surface area contributed by atoms with Crippen molar-refractivity contribution in [2.45, 2.75) is 19.3 Å². The number of benzene rings is 1. The van der Waals surface area contributed by atoms with E-state index in [9.17, 15) is 19.3 Å². The van der Waals surface area contributed by atoms with Crippen molar-refractivity contribution in [2.75, 3.05) is 10.6 Å². The van der Waals surface area contributed by atoms with E-state index in [-0.39, 0.29) is 23.7 Å². The number of alkyl halides is 1. The first-order valence-electron chi connectivity index (χ1n) is 5.34. The molecular weight excluding hydrogens is 307 g/mol. The molecule has 0 atom stereocenters. The molecule has 0 saturated heterocycles. The number of halogens is 2. The molecule has 7 heteroatoms. The summed E-state index contributed by atoms with van der Waals surface area (Å²) in [5.41, 5.74) is -0.416. The molecule has 0 bridgehead atoms. The molecule has 1 N–H and O–H groups in total. The van der Waals surface area contributed by atoms with Gasteiger partial charge in [-0.05, 0) is 18.9 Å². The second-order valence-corrected chi connectivity index (χ2v) is 4.41. The first-order valence-corrected chi connectivity index (χ1v) is 6.46. The third-order valence-electron chi connectivity index (χ3n) is 2.22. The van der Waals surface area contributed by atoms with Crippen molar-refractivity contribution in [1.82, 2.24) is 0 Å². The van der Waals surface area contributed by atoms with Crippen molar-refractivity contribution in [1.29, 1.82) is 0 Å². The van der Waals surface area contributed by atoms with Gasteiger partial charge in [0.2, 0.25) is 5.91 Å². The standard InChI is InChI=1S/C11H12BrFN2O3/c12-6-2-1-3-11(16)14-10-7-8(15(17)18)4-5-9(10)13/h4-5,7H,1-3,6H2,(H,14,16). The normalized spacial score (nSPS) is 10.1. The van der Waals surface area contributed by atoms with E-state index in [0.29, 0.717) is 6.42 Å². The minimum Gasteiger partial charge on any atom is -0.323 e. The lowest BCUT2D eigenvalue weighted by Gasteiger charge is -2.05. The zero-order chi connectivity index (χ0) is 13.5. The van der Waals surface area contributed by atoms with E-state index in [1.165, 1.54) is 0 Å². The molecule has 0 aliphatic carbocycles. The lowest BCUT2D eigenvalue weighted by molar-refractivity contribution is -0.384. The molecule has 5 nitrogen and oxygen atoms in total. The minimum atomic E-state index is -0.686. The summed E-state index contributed by atoms with van der Waals surface area (Å²) in [7, 11) is 0. The first-order chi connectivity index (χ1) is 8.54. The number of nitro groups is 1. The Hall–Kier alpha value is -1.50. The monoisotopic (exact) mass is 318 g/mol. The molecule has 0 heterocycles. The highest BCUT2D eigenvalue weighted by molar-refractivity contribution is 9.09. The second kappa shape index (κ2) is 7.05.